The number of carbonyl (C=O) groups excluding carboxylic acids is 2. The van der Waals surface area contributed by atoms with E-state index in [1.165, 1.54) is 0 Å². The smallest absolute Gasteiger partial charge is 0.239 e. The molecule has 0 aromatic rings. The number of hydrogen-bond donors (Lipinski definition) is 4. The number of methoxy groups -OCH3 is 1. The van der Waals surface area contributed by atoms with Crippen LogP contribution in [0.4, 0.5) is 0 Å². The van der Waals surface area contributed by atoms with Gasteiger partial charge in [-0.1, -0.05) is 0 Å². The zero-order valence-corrected chi connectivity index (χ0v) is 10.9. The number of piperazine rings is 1. The van der Waals surface area contributed by atoms with Crippen LogP contribution in [0.5, 0.6) is 0 Å². The van der Waals surface area contributed by atoms with Crippen molar-refractivity contribution >= 4 is 11.8 Å². The first-order valence-electron chi connectivity index (χ1n) is 6.13. The Labute approximate surface area is 107 Å². The van der Waals surface area contributed by atoms with Crippen molar-refractivity contribution in [3.63, 3.8) is 0 Å². The molecule has 0 bridgehead atoms. The summed E-state index contributed by atoms with van der Waals surface area (Å²) in [5.41, 5.74) is 0. The molecule has 18 heavy (non-hydrogen) atoms. The first-order valence-corrected chi connectivity index (χ1v) is 6.13. The summed E-state index contributed by atoms with van der Waals surface area (Å²) in [5, 5.41) is 11.6. The van der Waals surface area contributed by atoms with Crippen molar-refractivity contribution < 1.29 is 14.3 Å². The van der Waals surface area contributed by atoms with Gasteiger partial charge in [0, 0.05) is 32.8 Å². The molecule has 7 heteroatoms. The molecule has 4 N–H and O–H groups in total. The van der Waals surface area contributed by atoms with E-state index in [0.717, 1.165) is 6.54 Å². The van der Waals surface area contributed by atoms with Gasteiger partial charge in [-0.15, -0.1) is 0 Å². The number of ether oxygens (including phenoxy) is 1. The van der Waals surface area contributed by atoms with Crippen LogP contribution in [0, 0.1) is 0 Å². The summed E-state index contributed by atoms with van der Waals surface area (Å²) in [5.74, 6) is -0.367. The fourth-order valence-electron chi connectivity index (χ4n) is 1.61. The minimum Gasteiger partial charge on any atom is -0.383 e. The number of nitrogens with one attached hydrogen (secondary N) is 4. The molecule has 1 aliphatic heterocycles. The average molecular weight is 258 g/mol. The third-order valence-electron chi connectivity index (χ3n) is 2.71. The highest BCUT2D eigenvalue weighted by atomic mass is 16.5. The molecule has 7 nitrogen and oxygen atoms in total. The standard InChI is InChI=1S/C11H22N4O3/c1-8-5-14-9(6-13-8)11(17)15-7-10(16)12-3-4-18-2/h8-9,13-14H,3-7H2,1-2H3,(H,12,16)(H,15,17). The molecule has 0 aromatic heterocycles. The van der Waals surface area contributed by atoms with Crippen molar-refractivity contribution in [2.45, 2.75) is 19.0 Å². The molecule has 2 atom stereocenters. The molecule has 1 saturated heterocycles. The molecule has 0 radical (unpaired) electrons. The van der Waals surface area contributed by atoms with Gasteiger partial charge >= 0.3 is 0 Å². The minimum absolute atomic E-state index is 0.00369. The molecule has 2 amide bonds. The monoisotopic (exact) mass is 258 g/mol. The van der Waals surface area contributed by atoms with Gasteiger partial charge in [-0.25, -0.2) is 0 Å². The summed E-state index contributed by atoms with van der Waals surface area (Å²) in [6.45, 7) is 4.29. The Bertz CT molecular complexity index is 277. The van der Waals surface area contributed by atoms with Crippen molar-refractivity contribution in [2.75, 3.05) is 39.9 Å². The summed E-state index contributed by atoms with van der Waals surface area (Å²) in [6, 6.07) is 0.0966. The van der Waals surface area contributed by atoms with Gasteiger partial charge in [0.1, 0.15) is 0 Å². The Kier molecular flexibility index (Phi) is 6.63. The van der Waals surface area contributed by atoms with Crippen LogP contribution in [-0.4, -0.2) is 63.8 Å². The summed E-state index contributed by atoms with van der Waals surface area (Å²) in [6.07, 6.45) is 0. The van der Waals surface area contributed by atoms with Crippen LogP contribution in [0.1, 0.15) is 6.92 Å². The van der Waals surface area contributed by atoms with Gasteiger partial charge in [-0.2, -0.15) is 0 Å². The molecular weight excluding hydrogens is 236 g/mol. The van der Waals surface area contributed by atoms with Gasteiger partial charge in [-0.05, 0) is 6.92 Å². The summed E-state index contributed by atoms with van der Waals surface area (Å²) in [4.78, 5) is 23.1. The van der Waals surface area contributed by atoms with Gasteiger partial charge in [-0.3, -0.25) is 9.59 Å². The number of carbonyl (C=O) groups is 2. The third-order valence-corrected chi connectivity index (χ3v) is 2.71. The summed E-state index contributed by atoms with van der Waals surface area (Å²) in [7, 11) is 1.57. The van der Waals surface area contributed by atoms with E-state index in [2.05, 4.69) is 21.3 Å². The Morgan fingerprint density at radius 1 is 1.28 bits per heavy atom. The normalized spacial score (nSPS) is 23.4. The second kappa shape index (κ2) is 8.02. The van der Waals surface area contributed by atoms with Crippen molar-refractivity contribution in [1.82, 2.24) is 21.3 Å². The average Bonchev–Trinajstić information content (AvgIpc) is 2.37. The molecule has 1 rings (SSSR count). The highest BCUT2D eigenvalue weighted by Gasteiger charge is 2.23. The van der Waals surface area contributed by atoms with Gasteiger partial charge in [0.15, 0.2) is 0 Å². The fraction of sp³-hybridized carbons (Fsp3) is 0.818. The van der Waals surface area contributed by atoms with Crippen LogP contribution in [0.25, 0.3) is 0 Å². The molecule has 0 spiro atoms. The molecular formula is C11H22N4O3. The van der Waals surface area contributed by atoms with Crippen molar-refractivity contribution in [3.8, 4) is 0 Å². The topological polar surface area (TPSA) is 91.5 Å². The number of hydrogen-bond acceptors (Lipinski definition) is 5. The van der Waals surface area contributed by atoms with E-state index in [1.807, 2.05) is 6.92 Å². The van der Waals surface area contributed by atoms with Crippen LogP contribution >= 0.6 is 0 Å². The molecule has 0 aromatic carbocycles. The molecule has 1 fully saturated rings. The maximum absolute atomic E-state index is 11.7. The molecule has 0 aliphatic carbocycles. The predicted molar refractivity (Wildman–Crippen MR) is 67.2 cm³/mol. The highest BCUT2D eigenvalue weighted by Crippen LogP contribution is 1.92. The van der Waals surface area contributed by atoms with Crippen LogP contribution in [0.3, 0.4) is 0 Å². The second-order valence-corrected chi connectivity index (χ2v) is 4.33. The van der Waals surface area contributed by atoms with Gasteiger partial charge in [0.25, 0.3) is 0 Å². The largest absolute Gasteiger partial charge is 0.383 e. The van der Waals surface area contributed by atoms with E-state index < -0.39 is 0 Å². The Morgan fingerprint density at radius 2 is 2.06 bits per heavy atom. The van der Waals surface area contributed by atoms with E-state index in [1.54, 1.807) is 7.11 Å². The Morgan fingerprint density at radius 3 is 2.67 bits per heavy atom. The first kappa shape index (κ1) is 14.9. The molecule has 104 valence electrons. The maximum Gasteiger partial charge on any atom is 0.239 e. The first-order chi connectivity index (χ1) is 8.63. The zero-order valence-electron chi connectivity index (χ0n) is 10.9. The van der Waals surface area contributed by atoms with Crippen LogP contribution in [0.2, 0.25) is 0 Å². The lowest BCUT2D eigenvalue weighted by molar-refractivity contribution is -0.127. The van der Waals surface area contributed by atoms with Crippen molar-refractivity contribution in [1.29, 1.82) is 0 Å². The SMILES string of the molecule is COCCNC(=O)CNC(=O)C1CNC(C)CN1. The van der Waals surface area contributed by atoms with E-state index in [9.17, 15) is 9.59 Å². The molecule has 0 saturated carbocycles. The van der Waals surface area contributed by atoms with E-state index >= 15 is 0 Å². The second-order valence-electron chi connectivity index (χ2n) is 4.33. The van der Waals surface area contributed by atoms with E-state index in [-0.39, 0.29) is 24.4 Å². The lowest BCUT2D eigenvalue weighted by Crippen LogP contribution is -2.59. The molecule has 2 unspecified atom stereocenters. The van der Waals surface area contributed by atoms with Crippen LogP contribution in [-0.2, 0) is 14.3 Å². The Hall–Kier alpha value is -1.18. The third kappa shape index (κ3) is 5.44. The highest BCUT2D eigenvalue weighted by molar-refractivity contribution is 5.87. The minimum atomic E-state index is -0.270. The lowest BCUT2D eigenvalue weighted by atomic mass is 10.1. The fourth-order valence-corrected chi connectivity index (χ4v) is 1.61. The van der Waals surface area contributed by atoms with Crippen LogP contribution < -0.4 is 21.3 Å². The quantitative estimate of drug-likeness (QED) is 0.406. The predicted octanol–water partition coefficient (Wildman–Crippen LogP) is -2.18. The van der Waals surface area contributed by atoms with Gasteiger partial charge in [0.2, 0.25) is 11.8 Å². The summed E-state index contributed by atoms with van der Waals surface area (Å²) >= 11 is 0. The van der Waals surface area contributed by atoms with Gasteiger partial charge in [0.05, 0.1) is 19.2 Å². The molecule has 1 aliphatic rings. The number of rotatable bonds is 6. The molecule has 1 heterocycles. The van der Waals surface area contributed by atoms with Gasteiger partial charge < -0.3 is 26.0 Å². The van der Waals surface area contributed by atoms with Crippen molar-refractivity contribution in [3.05, 3.63) is 0 Å². The maximum atomic E-state index is 11.7. The number of amides is 2. The summed E-state index contributed by atoms with van der Waals surface area (Å²) < 4.78 is 4.80. The lowest BCUT2D eigenvalue weighted by Gasteiger charge is -2.28. The van der Waals surface area contributed by atoms with E-state index in [0.29, 0.717) is 25.7 Å². The zero-order chi connectivity index (χ0) is 13.4. The van der Waals surface area contributed by atoms with Crippen LogP contribution in [0.15, 0.2) is 0 Å². The van der Waals surface area contributed by atoms with E-state index in [4.69, 9.17) is 4.74 Å². The Balaban J connectivity index is 2.14. The van der Waals surface area contributed by atoms with Crippen molar-refractivity contribution in [2.24, 2.45) is 0 Å².